The van der Waals surface area contributed by atoms with Crippen molar-refractivity contribution in [3.05, 3.63) is 17.7 Å². The smallest absolute Gasteiger partial charge is 0.109 e. The van der Waals surface area contributed by atoms with Crippen molar-refractivity contribution >= 4 is 0 Å². The summed E-state index contributed by atoms with van der Waals surface area (Å²) in [4.78, 5) is 7.48. The Labute approximate surface area is 117 Å². The van der Waals surface area contributed by atoms with E-state index in [0.717, 1.165) is 11.8 Å². The molecule has 1 saturated heterocycles. The molecule has 2 unspecified atom stereocenters. The van der Waals surface area contributed by atoms with Crippen molar-refractivity contribution in [1.29, 1.82) is 0 Å². The average molecular weight is 261 g/mol. The highest BCUT2D eigenvalue weighted by Crippen LogP contribution is 2.23. The van der Waals surface area contributed by atoms with E-state index in [1.807, 2.05) is 0 Å². The molecule has 1 fully saturated rings. The van der Waals surface area contributed by atoms with E-state index in [4.69, 9.17) is 4.98 Å². The zero-order chi connectivity index (χ0) is 13.2. The van der Waals surface area contributed by atoms with Crippen molar-refractivity contribution in [2.24, 2.45) is 11.8 Å². The van der Waals surface area contributed by atoms with E-state index in [1.54, 1.807) is 0 Å². The van der Waals surface area contributed by atoms with Crippen molar-refractivity contribution < 1.29 is 0 Å². The van der Waals surface area contributed by atoms with Gasteiger partial charge in [0.05, 0.1) is 5.69 Å². The Morgan fingerprint density at radius 3 is 3.05 bits per heavy atom. The quantitative estimate of drug-likeness (QED) is 0.834. The van der Waals surface area contributed by atoms with Crippen LogP contribution in [0.3, 0.4) is 0 Å². The van der Waals surface area contributed by atoms with E-state index in [9.17, 15) is 0 Å². The van der Waals surface area contributed by atoms with Gasteiger partial charge in [-0.1, -0.05) is 13.8 Å². The molecule has 2 aliphatic heterocycles. The van der Waals surface area contributed by atoms with E-state index in [2.05, 4.69) is 29.5 Å². The van der Waals surface area contributed by atoms with Crippen LogP contribution in [0.5, 0.6) is 0 Å². The fourth-order valence-electron chi connectivity index (χ4n) is 3.64. The lowest BCUT2D eigenvalue weighted by Crippen LogP contribution is -2.35. The molecular weight excluding hydrogens is 234 g/mol. The van der Waals surface area contributed by atoms with Crippen LogP contribution in [0, 0.1) is 11.8 Å². The van der Waals surface area contributed by atoms with E-state index >= 15 is 0 Å². The van der Waals surface area contributed by atoms with Crippen LogP contribution in [-0.2, 0) is 19.4 Å². The van der Waals surface area contributed by atoms with E-state index in [1.165, 1.54) is 69.8 Å². The number of nitrogens with zero attached hydrogens (tertiary/aromatic N) is 3. The summed E-state index contributed by atoms with van der Waals surface area (Å²) < 4.78 is 2.40. The van der Waals surface area contributed by atoms with Crippen LogP contribution in [0.15, 0.2) is 6.20 Å². The Morgan fingerprint density at radius 2 is 2.21 bits per heavy atom. The lowest BCUT2D eigenvalue weighted by molar-refractivity contribution is 0.181. The Balaban J connectivity index is 1.64. The number of rotatable bonds is 3. The maximum absolute atomic E-state index is 4.89. The third-order valence-corrected chi connectivity index (χ3v) is 4.85. The maximum atomic E-state index is 4.89. The SMILES string of the molecule is CCN1CCCC(Cc2cn3c(n2)CC(C)CC3)C1. The van der Waals surface area contributed by atoms with Crippen molar-refractivity contribution in [2.75, 3.05) is 19.6 Å². The monoisotopic (exact) mass is 261 g/mol. The standard InChI is InChI=1S/C16H27N3/c1-3-18-7-4-5-14(11-18)10-15-12-19-8-6-13(2)9-16(19)17-15/h12-14H,3-11H2,1-2H3. The van der Waals surface area contributed by atoms with Gasteiger partial charge in [-0.15, -0.1) is 0 Å². The molecule has 0 aliphatic carbocycles. The Hall–Kier alpha value is -0.830. The zero-order valence-corrected chi connectivity index (χ0v) is 12.4. The summed E-state index contributed by atoms with van der Waals surface area (Å²) in [7, 11) is 0. The molecule has 0 saturated carbocycles. The second-order valence-corrected chi connectivity index (χ2v) is 6.55. The number of fused-ring (bicyclic) bond motifs is 1. The highest BCUT2D eigenvalue weighted by atomic mass is 15.1. The summed E-state index contributed by atoms with van der Waals surface area (Å²) in [5.41, 5.74) is 1.34. The molecule has 0 spiro atoms. The van der Waals surface area contributed by atoms with E-state index < -0.39 is 0 Å². The molecule has 2 atom stereocenters. The first-order chi connectivity index (χ1) is 9.24. The first-order valence-electron chi connectivity index (χ1n) is 8.02. The van der Waals surface area contributed by atoms with Crippen molar-refractivity contribution in [2.45, 2.75) is 52.5 Å². The zero-order valence-electron chi connectivity index (χ0n) is 12.4. The van der Waals surface area contributed by atoms with Gasteiger partial charge < -0.3 is 9.47 Å². The van der Waals surface area contributed by atoms with Gasteiger partial charge in [0, 0.05) is 25.7 Å². The summed E-state index contributed by atoms with van der Waals surface area (Å²) in [5.74, 6) is 2.97. The van der Waals surface area contributed by atoms with Crippen molar-refractivity contribution in [3.63, 3.8) is 0 Å². The number of aryl methyl sites for hydroxylation is 1. The van der Waals surface area contributed by atoms with Crippen LogP contribution >= 0.6 is 0 Å². The Kier molecular flexibility index (Phi) is 3.92. The molecule has 0 N–H and O–H groups in total. The van der Waals surface area contributed by atoms with E-state index in [-0.39, 0.29) is 0 Å². The topological polar surface area (TPSA) is 21.1 Å². The molecule has 0 bridgehead atoms. The molecule has 3 heteroatoms. The molecule has 1 aromatic heterocycles. The van der Waals surface area contributed by atoms with Gasteiger partial charge in [-0.3, -0.25) is 0 Å². The number of likely N-dealkylation sites (tertiary alicyclic amines) is 1. The first kappa shape index (κ1) is 13.2. The molecule has 3 nitrogen and oxygen atoms in total. The molecule has 3 rings (SSSR count). The fourth-order valence-corrected chi connectivity index (χ4v) is 3.64. The van der Waals surface area contributed by atoms with E-state index in [0.29, 0.717) is 0 Å². The number of hydrogen-bond acceptors (Lipinski definition) is 2. The van der Waals surface area contributed by atoms with Crippen molar-refractivity contribution in [3.8, 4) is 0 Å². The van der Waals surface area contributed by atoms with Gasteiger partial charge in [-0.05, 0) is 50.6 Å². The molecule has 106 valence electrons. The Morgan fingerprint density at radius 1 is 1.32 bits per heavy atom. The van der Waals surface area contributed by atoms with Crippen LogP contribution in [0.2, 0.25) is 0 Å². The van der Waals surface area contributed by atoms with Gasteiger partial charge in [-0.2, -0.15) is 0 Å². The third-order valence-electron chi connectivity index (χ3n) is 4.85. The normalized spacial score (nSPS) is 28.3. The molecule has 1 aromatic rings. The van der Waals surface area contributed by atoms with Gasteiger partial charge >= 0.3 is 0 Å². The molecule has 19 heavy (non-hydrogen) atoms. The van der Waals surface area contributed by atoms with Crippen LogP contribution < -0.4 is 0 Å². The summed E-state index contributed by atoms with van der Waals surface area (Å²) in [5, 5.41) is 0. The van der Waals surface area contributed by atoms with Crippen LogP contribution in [0.25, 0.3) is 0 Å². The van der Waals surface area contributed by atoms with Gasteiger partial charge in [0.2, 0.25) is 0 Å². The molecule has 0 amide bonds. The largest absolute Gasteiger partial charge is 0.335 e. The Bertz CT molecular complexity index is 424. The summed E-state index contributed by atoms with van der Waals surface area (Å²) in [6.07, 6.45) is 8.75. The van der Waals surface area contributed by atoms with Crippen LogP contribution in [-0.4, -0.2) is 34.1 Å². The fraction of sp³-hybridized carbons (Fsp3) is 0.812. The minimum absolute atomic E-state index is 0.813. The second-order valence-electron chi connectivity index (χ2n) is 6.55. The number of piperidine rings is 1. The lowest BCUT2D eigenvalue weighted by atomic mass is 9.94. The minimum Gasteiger partial charge on any atom is -0.335 e. The van der Waals surface area contributed by atoms with Gasteiger partial charge in [0.25, 0.3) is 0 Å². The molecule has 0 aromatic carbocycles. The van der Waals surface area contributed by atoms with Crippen LogP contribution in [0.4, 0.5) is 0 Å². The highest BCUT2D eigenvalue weighted by Gasteiger charge is 2.22. The summed E-state index contributed by atoms with van der Waals surface area (Å²) >= 11 is 0. The highest BCUT2D eigenvalue weighted by molar-refractivity contribution is 5.08. The lowest BCUT2D eigenvalue weighted by Gasteiger charge is -2.31. The number of hydrogen-bond donors (Lipinski definition) is 0. The third kappa shape index (κ3) is 3.02. The minimum atomic E-state index is 0.813. The van der Waals surface area contributed by atoms with Gasteiger partial charge in [-0.25, -0.2) is 4.98 Å². The van der Waals surface area contributed by atoms with Gasteiger partial charge in [0.1, 0.15) is 5.82 Å². The molecular formula is C16H27N3. The van der Waals surface area contributed by atoms with Gasteiger partial charge in [0.15, 0.2) is 0 Å². The number of imidazole rings is 1. The number of aromatic nitrogens is 2. The summed E-state index contributed by atoms with van der Waals surface area (Å²) in [6.45, 7) is 9.57. The first-order valence-corrected chi connectivity index (χ1v) is 8.02. The van der Waals surface area contributed by atoms with Crippen molar-refractivity contribution in [1.82, 2.24) is 14.5 Å². The predicted octanol–water partition coefficient (Wildman–Crippen LogP) is 2.74. The molecule has 3 heterocycles. The average Bonchev–Trinajstić information content (AvgIpc) is 2.80. The summed E-state index contributed by atoms with van der Waals surface area (Å²) in [6, 6.07) is 0. The predicted molar refractivity (Wildman–Crippen MR) is 78.3 cm³/mol. The molecule has 2 aliphatic rings. The maximum Gasteiger partial charge on any atom is 0.109 e. The second kappa shape index (κ2) is 5.66. The van der Waals surface area contributed by atoms with Crippen LogP contribution in [0.1, 0.15) is 44.6 Å². The molecule has 0 radical (unpaired) electrons.